The predicted octanol–water partition coefficient (Wildman–Crippen LogP) is 8.86. The minimum absolute atomic E-state index is 0.344. The molecule has 0 amide bonds. The van der Waals surface area contributed by atoms with Crippen molar-refractivity contribution in [3.05, 3.63) is 0 Å². The first-order valence-electron chi connectivity index (χ1n) is 15.1. The van der Waals surface area contributed by atoms with Gasteiger partial charge in [0.2, 0.25) is 0 Å². The van der Waals surface area contributed by atoms with Gasteiger partial charge in [0.25, 0.3) is 0 Å². The normalized spacial score (nSPS) is 10.4. The average molecular weight is 519 g/mol. The number of aliphatic carboxylic acids is 2. The van der Waals surface area contributed by atoms with Crippen LogP contribution in [0.25, 0.3) is 0 Å². The lowest BCUT2D eigenvalue weighted by molar-refractivity contribution is -0.138. The fourth-order valence-electron chi connectivity index (χ4n) is 3.79. The van der Waals surface area contributed by atoms with Gasteiger partial charge in [-0.1, -0.05) is 143 Å². The molecule has 0 aromatic rings. The Morgan fingerprint density at radius 3 is 0.861 bits per heavy atom. The van der Waals surface area contributed by atoms with Crippen LogP contribution in [-0.4, -0.2) is 38.7 Å². The zero-order valence-electron chi connectivity index (χ0n) is 24.2. The second-order valence-electron chi connectivity index (χ2n) is 9.92. The van der Waals surface area contributed by atoms with Gasteiger partial charge < -0.3 is 20.4 Å². The van der Waals surface area contributed by atoms with Crippen molar-refractivity contribution < 1.29 is 30.0 Å². The number of carbonyl (C=O) groups is 2. The van der Waals surface area contributed by atoms with Crippen LogP contribution >= 0.6 is 0 Å². The van der Waals surface area contributed by atoms with Crippen LogP contribution in [-0.2, 0) is 9.59 Å². The van der Waals surface area contributed by atoms with Gasteiger partial charge in [0.1, 0.15) is 0 Å². The molecule has 0 heterocycles. The van der Waals surface area contributed by atoms with Crippen LogP contribution in [0, 0.1) is 0 Å². The molecule has 0 spiro atoms. The molecule has 6 heteroatoms. The van der Waals surface area contributed by atoms with Crippen LogP contribution in [0.4, 0.5) is 0 Å². The van der Waals surface area contributed by atoms with E-state index in [0.717, 1.165) is 32.1 Å². The van der Waals surface area contributed by atoms with Gasteiger partial charge in [0.05, 0.1) is 0 Å². The van der Waals surface area contributed by atoms with Crippen LogP contribution in [0.3, 0.4) is 0 Å². The number of aliphatic hydroxyl groups excluding tert-OH is 1. The number of hydrogen-bond acceptors (Lipinski definition) is 4. The van der Waals surface area contributed by atoms with Gasteiger partial charge in [0, 0.05) is 12.8 Å². The third-order valence-electron chi connectivity index (χ3n) is 6.04. The first kappa shape index (κ1) is 39.4. The molecule has 0 aliphatic rings. The Balaban J connectivity index is -0.000000495. The lowest BCUT2D eigenvalue weighted by atomic mass is 10.1. The first-order valence-corrected chi connectivity index (χ1v) is 15.1. The molecular weight excluding hydrogens is 456 g/mol. The van der Waals surface area contributed by atoms with E-state index in [9.17, 15) is 9.59 Å². The molecule has 0 aliphatic carbocycles. The fourth-order valence-corrected chi connectivity index (χ4v) is 3.79. The number of unbranched alkanes of at least 4 members (excludes halogenated alkanes) is 18. The molecule has 0 radical (unpaired) electrons. The maximum atomic E-state index is 10.2. The van der Waals surface area contributed by atoms with Gasteiger partial charge in [-0.2, -0.15) is 0 Å². The Bertz CT molecular complexity index is 392. The number of hydrogen-bond donors (Lipinski definition) is 4. The Hall–Kier alpha value is -1.14. The van der Waals surface area contributed by atoms with Crippen molar-refractivity contribution in [1.29, 1.82) is 0 Å². The minimum Gasteiger partial charge on any atom is -0.481 e. The van der Waals surface area contributed by atoms with E-state index in [1.807, 2.05) is 6.92 Å². The second kappa shape index (κ2) is 36.0. The zero-order chi connectivity index (χ0) is 27.7. The summed E-state index contributed by atoms with van der Waals surface area (Å²) < 4.78 is 0. The number of carboxylic acid groups (broad SMARTS) is 2. The maximum Gasteiger partial charge on any atom is 0.303 e. The number of aliphatic hydroxyl groups is 2. The van der Waals surface area contributed by atoms with Gasteiger partial charge in [-0.15, -0.1) is 0 Å². The quantitative estimate of drug-likeness (QED) is 0.0749. The van der Waals surface area contributed by atoms with E-state index < -0.39 is 18.2 Å². The van der Waals surface area contributed by atoms with Gasteiger partial charge in [-0.05, 0) is 19.3 Å². The summed E-state index contributed by atoms with van der Waals surface area (Å²) in [4.78, 5) is 20.5. The summed E-state index contributed by atoms with van der Waals surface area (Å²) in [6.07, 6.45) is 26.0. The molecule has 0 bridgehead atoms. The van der Waals surface area contributed by atoms with Crippen molar-refractivity contribution in [3.63, 3.8) is 0 Å². The largest absolute Gasteiger partial charge is 0.481 e. The molecule has 0 atom stereocenters. The summed E-state index contributed by atoms with van der Waals surface area (Å²) in [5.41, 5.74) is 0. The molecule has 0 rings (SSSR count). The Morgan fingerprint density at radius 1 is 0.444 bits per heavy atom. The molecule has 36 heavy (non-hydrogen) atoms. The Morgan fingerprint density at radius 2 is 0.694 bits per heavy atom. The first-order chi connectivity index (χ1) is 17.3. The highest BCUT2D eigenvalue weighted by molar-refractivity contribution is 5.66. The minimum atomic E-state index is -1.10. The number of carboxylic acids is 2. The highest BCUT2D eigenvalue weighted by Gasteiger charge is 1.97. The van der Waals surface area contributed by atoms with Crippen LogP contribution in [0.2, 0.25) is 0 Å². The highest BCUT2D eigenvalue weighted by Crippen LogP contribution is 2.12. The molecule has 0 unspecified atom stereocenters. The van der Waals surface area contributed by atoms with Crippen LogP contribution in [0.15, 0.2) is 0 Å². The lowest BCUT2D eigenvalue weighted by Crippen LogP contribution is -2.01. The predicted molar refractivity (Wildman–Crippen MR) is 151 cm³/mol. The topological polar surface area (TPSA) is 115 Å². The van der Waals surface area contributed by atoms with Crippen LogP contribution in [0.1, 0.15) is 175 Å². The molecule has 0 aliphatic heterocycles. The summed E-state index contributed by atoms with van der Waals surface area (Å²) in [5, 5.41) is 33.1. The van der Waals surface area contributed by atoms with Crippen molar-refractivity contribution >= 4 is 11.9 Å². The SMILES string of the molecule is CCCC(O)O.CCCCCCCCCCCCC(=O)O.CCCCCCCCCCCCC(=O)O. The van der Waals surface area contributed by atoms with E-state index in [0.29, 0.717) is 19.3 Å². The number of rotatable bonds is 24. The molecule has 0 saturated heterocycles. The lowest BCUT2D eigenvalue weighted by Gasteiger charge is -2.01. The monoisotopic (exact) mass is 518 g/mol. The summed E-state index contributed by atoms with van der Waals surface area (Å²) in [6.45, 7) is 6.38. The summed E-state index contributed by atoms with van der Waals surface area (Å²) in [7, 11) is 0. The van der Waals surface area contributed by atoms with Gasteiger partial charge in [0.15, 0.2) is 6.29 Å². The van der Waals surface area contributed by atoms with E-state index in [1.54, 1.807) is 0 Å². The van der Waals surface area contributed by atoms with Crippen molar-refractivity contribution in [2.75, 3.05) is 0 Å². The van der Waals surface area contributed by atoms with E-state index >= 15 is 0 Å². The van der Waals surface area contributed by atoms with Crippen molar-refractivity contribution in [2.45, 2.75) is 181 Å². The van der Waals surface area contributed by atoms with Crippen molar-refractivity contribution in [2.24, 2.45) is 0 Å². The summed E-state index contributed by atoms with van der Waals surface area (Å²) >= 11 is 0. The third-order valence-corrected chi connectivity index (χ3v) is 6.04. The summed E-state index contributed by atoms with van der Waals surface area (Å²) in [6, 6.07) is 0. The molecule has 4 N–H and O–H groups in total. The Kier molecular flexibility index (Phi) is 39.4. The van der Waals surface area contributed by atoms with Crippen molar-refractivity contribution in [1.82, 2.24) is 0 Å². The smallest absolute Gasteiger partial charge is 0.303 e. The standard InChI is InChI=1S/2C13H26O2.C4H10O2/c2*1-2-3-4-5-6-7-8-9-10-11-12-13(14)15;1-2-3-4(5)6/h2*2-12H2,1H3,(H,14,15);4-6H,2-3H2,1H3. The maximum absolute atomic E-state index is 10.2. The van der Waals surface area contributed by atoms with E-state index in [-0.39, 0.29) is 0 Å². The third kappa shape index (κ3) is 49.9. The average Bonchev–Trinajstić information content (AvgIpc) is 2.82. The molecule has 218 valence electrons. The highest BCUT2D eigenvalue weighted by atomic mass is 16.5. The van der Waals surface area contributed by atoms with Crippen molar-refractivity contribution in [3.8, 4) is 0 Å². The van der Waals surface area contributed by atoms with Gasteiger partial charge in [-0.3, -0.25) is 9.59 Å². The molecule has 6 nitrogen and oxygen atoms in total. The fraction of sp³-hybridized carbons (Fsp3) is 0.933. The molecular formula is C30H62O6. The van der Waals surface area contributed by atoms with Gasteiger partial charge >= 0.3 is 11.9 Å². The Labute approximate surface area is 223 Å². The molecule has 0 aromatic carbocycles. The summed E-state index contributed by atoms with van der Waals surface area (Å²) in [5.74, 6) is -1.32. The van der Waals surface area contributed by atoms with Crippen LogP contribution in [0.5, 0.6) is 0 Å². The van der Waals surface area contributed by atoms with E-state index in [4.69, 9.17) is 20.4 Å². The molecule has 0 fully saturated rings. The van der Waals surface area contributed by atoms with Gasteiger partial charge in [-0.25, -0.2) is 0 Å². The van der Waals surface area contributed by atoms with Crippen LogP contribution < -0.4 is 0 Å². The molecule has 0 saturated carbocycles. The van der Waals surface area contributed by atoms with E-state index in [1.165, 1.54) is 103 Å². The zero-order valence-corrected chi connectivity index (χ0v) is 24.2. The molecule has 0 aromatic heterocycles. The second-order valence-corrected chi connectivity index (χ2v) is 9.92. The van der Waals surface area contributed by atoms with E-state index in [2.05, 4.69) is 13.8 Å².